The van der Waals surface area contributed by atoms with Crippen molar-refractivity contribution < 1.29 is 0 Å². The molecule has 0 fully saturated rings. The van der Waals surface area contributed by atoms with E-state index >= 15 is 0 Å². The average molecular weight is 419 g/mol. The molecule has 0 nitrogen and oxygen atoms in total. The van der Waals surface area contributed by atoms with E-state index in [-0.39, 0.29) is 5.41 Å². The molecule has 0 spiro atoms. The van der Waals surface area contributed by atoms with Gasteiger partial charge in [0.05, 0.1) is 5.41 Å². The average Bonchev–Trinajstić information content (AvgIpc) is 2.82. The summed E-state index contributed by atoms with van der Waals surface area (Å²) < 4.78 is 0. The van der Waals surface area contributed by atoms with Crippen molar-refractivity contribution >= 4 is 0 Å². The van der Waals surface area contributed by atoms with Crippen LogP contribution in [0.5, 0.6) is 0 Å². The third-order valence-electron chi connectivity index (χ3n) is 6.79. The fraction of sp³-hybridized carbons (Fsp3) is 0.250. The first-order valence-corrected chi connectivity index (χ1v) is 11.8. The van der Waals surface area contributed by atoms with Crippen molar-refractivity contribution in [1.29, 1.82) is 0 Å². The summed E-state index contributed by atoms with van der Waals surface area (Å²) in [5, 5.41) is 0. The molecule has 0 heterocycles. The maximum atomic E-state index is 2.47. The first-order valence-electron chi connectivity index (χ1n) is 11.8. The molecule has 4 rings (SSSR count). The predicted molar refractivity (Wildman–Crippen MR) is 138 cm³/mol. The minimum Gasteiger partial charge on any atom is -0.0622 e. The van der Waals surface area contributed by atoms with Crippen LogP contribution in [0.3, 0.4) is 0 Å². The van der Waals surface area contributed by atoms with Crippen LogP contribution in [0.4, 0.5) is 0 Å². The lowest BCUT2D eigenvalue weighted by atomic mass is 9.64. The summed E-state index contributed by atoms with van der Waals surface area (Å²) in [5.41, 5.74) is 9.17. The molecule has 0 heteroatoms. The zero-order valence-electron chi connectivity index (χ0n) is 20.0. The monoisotopic (exact) mass is 418 g/mol. The summed E-state index contributed by atoms with van der Waals surface area (Å²) in [4.78, 5) is 0. The van der Waals surface area contributed by atoms with Crippen LogP contribution < -0.4 is 0 Å². The van der Waals surface area contributed by atoms with E-state index in [4.69, 9.17) is 0 Å². The standard InChI is InChI=1S/C32H34/c1-23(2)30-21-29(22-31(24(3)4)25(30)5)32(26-15-9-6-10-16-26,27-17-11-7-12-18-27)28-19-13-8-14-20-28/h6-24H,1-5H3. The van der Waals surface area contributed by atoms with Crippen molar-refractivity contribution in [3.8, 4) is 0 Å². The number of hydrogen-bond donors (Lipinski definition) is 0. The first-order chi connectivity index (χ1) is 15.5. The maximum Gasteiger partial charge on any atom is 0.0701 e. The topological polar surface area (TPSA) is 0 Å². The van der Waals surface area contributed by atoms with Crippen LogP contribution in [-0.4, -0.2) is 0 Å². The van der Waals surface area contributed by atoms with Crippen molar-refractivity contribution in [2.45, 2.75) is 51.9 Å². The highest BCUT2D eigenvalue weighted by atomic mass is 14.4. The Labute approximate surface area is 194 Å². The summed E-state index contributed by atoms with van der Waals surface area (Å²) >= 11 is 0. The Morgan fingerprint density at radius 1 is 0.469 bits per heavy atom. The Balaban J connectivity index is 2.19. The molecule has 4 aromatic carbocycles. The minimum absolute atomic E-state index is 0.384. The minimum atomic E-state index is -0.384. The van der Waals surface area contributed by atoms with Crippen LogP contribution >= 0.6 is 0 Å². The van der Waals surface area contributed by atoms with E-state index in [1.54, 1.807) is 0 Å². The summed E-state index contributed by atoms with van der Waals surface area (Å²) in [6.45, 7) is 11.5. The van der Waals surface area contributed by atoms with Crippen LogP contribution in [0, 0.1) is 6.92 Å². The molecule has 0 unspecified atom stereocenters. The van der Waals surface area contributed by atoms with Gasteiger partial charge in [-0.15, -0.1) is 0 Å². The second-order valence-electron chi connectivity index (χ2n) is 9.44. The maximum absolute atomic E-state index is 2.47. The SMILES string of the molecule is Cc1c(C(C)C)cc(C(c2ccccc2)(c2ccccc2)c2ccccc2)cc1C(C)C. The van der Waals surface area contributed by atoms with Crippen LogP contribution in [0.25, 0.3) is 0 Å². The summed E-state index contributed by atoms with van der Waals surface area (Å²) in [7, 11) is 0. The first kappa shape index (κ1) is 22.1. The van der Waals surface area contributed by atoms with Gasteiger partial charge in [0.1, 0.15) is 0 Å². The van der Waals surface area contributed by atoms with Crippen molar-refractivity contribution in [1.82, 2.24) is 0 Å². The normalized spacial score (nSPS) is 11.8. The van der Waals surface area contributed by atoms with Gasteiger partial charge in [0.15, 0.2) is 0 Å². The number of rotatable bonds is 6. The molecular weight excluding hydrogens is 384 g/mol. The molecular formula is C32H34. The third kappa shape index (κ3) is 3.79. The van der Waals surface area contributed by atoms with Gasteiger partial charge in [0, 0.05) is 0 Å². The Kier molecular flexibility index (Phi) is 6.33. The second kappa shape index (κ2) is 9.17. The molecule has 0 aliphatic rings. The zero-order chi connectivity index (χ0) is 22.7. The van der Waals surface area contributed by atoms with Gasteiger partial charge in [-0.3, -0.25) is 0 Å². The molecule has 0 aromatic heterocycles. The van der Waals surface area contributed by atoms with E-state index in [2.05, 4.69) is 138 Å². The van der Waals surface area contributed by atoms with E-state index in [9.17, 15) is 0 Å². The second-order valence-corrected chi connectivity index (χ2v) is 9.44. The van der Waals surface area contributed by atoms with Gasteiger partial charge in [-0.1, -0.05) is 131 Å². The van der Waals surface area contributed by atoms with E-state index in [1.807, 2.05) is 0 Å². The molecule has 0 atom stereocenters. The number of hydrogen-bond acceptors (Lipinski definition) is 0. The smallest absolute Gasteiger partial charge is 0.0622 e. The molecule has 0 N–H and O–H groups in total. The van der Waals surface area contributed by atoms with E-state index < -0.39 is 0 Å². The highest BCUT2D eigenvalue weighted by Gasteiger charge is 2.39. The highest BCUT2D eigenvalue weighted by Crippen LogP contribution is 2.47. The molecule has 0 aliphatic heterocycles. The van der Waals surface area contributed by atoms with Crippen molar-refractivity contribution in [3.05, 3.63) is 142 Å². The van der Waals surface area contributed by atoms with Gasteiger partial charge in [0.2, 0.25) is 0 Å². The van der Waals surface area contributed by atoms with Crippen LogP contribution in [0.15, 0.2) is 103 Å². The Morgan fingerprint density at radius 3 is 1.06 bits per heavy atom. The fourth-order valence-electron chi connectivity index (χ4n) is 5.24. The fourth-order valence-corrected chi connectivity index (χ4v) is 5.24. The summed E-state index contributed by atoms with van der Waals surface area (Å²) in [6.07, 6.45) is 0. The Hall–Kier alpha value is -3.12. The lowest BCUT2D eigenvalue weighted by Gasteiger charge is -2.38. The molecule has 0 amide bonds. The summed E-state index contributed by atoms with van der Waals surface area (Å²) in [5.74, 6) is 0.931. The highest BCUT2D eigenvalue weighted by molar-refractivity contribution is 5.61. The molecule has 0 radical (unpaired) electrons. The van der Waals surface area contributed by atoms with Gasteiger partial charge in [0.25, 0.3) is 0 Å². The van der Waals surface area contributed by atoms with Crippen molar-refractivity contribution in [2.24, 2.45) is 0 Å². The van der Waals surface area contributed by atoms with Gasteiger partial charge >= 0.3 is 0 Å². The van der Waals surface area contributed by atoms with Gasteiger partial charge < -0.3 is 0 Å². The van der Waals surface area contributed by atoms with Gasteiger partial charge in [-0.05, 0) is 57.7 Å². The predicted octanol–water partition coefficient (Wildman–Crippen LogP) is 8.62. The Bertz CT molecular complexity index is 1030. The molecule has 32 heavy (non-hydrogen) atoms. The van der Waals surface area contributed by atoms with Gasteiger partial charge in [-0.25, -0.2) is 0 Å². The summed E-state index contributed by atoms with van der Waals surface area (Å²) in [6, 6.07) is 37.9. The quantitative estimate of drug-likeness (QED) is 0.275. The van der Waals surface area contributed by atoms with E-state index in [0.29, 0.717) is 11.8 Å². The molecule has 4 aromatic rings. The number of benzene rings is 4. The van der Waals surface area contributed by atoms with Crippen molar-refractivity contribution in [2.75, 3.05) is 0 Å². The zero-order valence-corrected chi connectivity index (χ0v) is 20.0. The van der Waals surface area contributed by atoms with Crippen LogP contribution in [0.1, 0.15) is 78.5 Å². The van der Waals surface area contributed by atoms with Crippen molar-refractivity contribution in [3.63, 3.8) is 0 Å². The molecule has 0 saturated heterocycles. The van der Waals surface area contributed by atoms with Crippen LogP contribution in [-0.2, 0) is 5.41 Å². The molecule has 0 bridgehead atoms. The Morgan fingerprint density at radius 2 is 0.781 bits per heavy atom. The molecule has 162 valence electrons. The lowest BCUT2D eigenvalue weighted by molar-refractivity contribution is 0.728. The van der Waals surface area contributed by atoms with E-state index in [1.165, 1.54) is 38.9 Å². The molecule has 0 saturated carbocycles. The van der Waals surface area contributed by atoms with Crippen LogP contribution in [0.2, 0.25) is 0 Å². The van der Waals surface area contributed by atoms with E-state index in [0.717, 1.165) is 0 Å². The largest absolute Gasteiger partial charge is 0.0701 e. The molecule has 0 aliphatic carbocycles. The third-order valence-corrected chi connectivity index (χ3v) is 6.79. The lowest BCUT2D eigenvalue weighted by Crippen LogP contribution is -2.31. The van der Waals surface area contributed by atoms with Gasteiger partial charge in [-0.2, -0.15) is 0 Å².